The Bertz CT molecular complexity index is 2830. The van der Waals surface area contributed by atoms with Gasteiger partial charge in [-0.15, -0.1) is 0 Å². The van der Waals surface area contributed by atoms with E-state index < -0.39 is 77.2 Å². The first-order chi connectivity index (χ1) is 32.6. The van der Waals surface area contributed by atoms with E-state index in [0.717, 1.165) is 11.1 Å². The molecule has 20 heteroatoms. The Labute approximate surface area is 404 Å². The van der Waals surface area contributed by atoms with Gasteiger partial charge in [0.05, 0.1) is 18.9 Å². The minimum absolute atomic E-state index is 0.0309. The number of nitrogens with zero attached hydrogens (tertiary/aromatic N) is 7. The van der Waals surface area contributed by atoms with E-state index in [4.69, 9.17) is 48.7 Å². The number of hydrogen-bond acceptors (Lipinski definition) is 16. The van der Waals surface area contributed by atoms with E-state index in [1.165, 1.54) is 17.2 Å². The molecule has 4 unspecified atom stereocenters. The normalized spacial score (nSPS) is 29.2. The van der Waals surface area contributed by atoms with Crippen molar-refractivity contribution in [3.63, 3.8) is 0 Å². The van der Waals surface area contributed by atoms with Crippen LogP contribution in [0.1, 0.15) is 76.6 Å². The maximum atomic E-state index is 11.9. The van der Waals surface area contributed by atoms with Crippen LogP contribution in [0.15, 0.2) is 97.6 Å². The quantitative estimate of drug-likeness (QED) is 0.114. The lowest BCUT2D eigenvalue weighted by atomic mass is 9.92. The number of aromatic nitrogens is 6. The standard InChI is InChI=1S/C25H31N5O4Si.C24H32N4O5Si/c1-24(2,3)35(4,5)31-13-18-20-21(33-23(32-20)16-9-7-6-8-10-16)25(14-26,34-18)19-12-11-17-22(27)28-15-29-30(17)19;1-23(2,3)34(4,5)30-13-17-19-20(32-22(31-19)15-9-7-6-8-10-15)24(29,33-17)18-12-11-16-21(25)26-14-27-28(16)18/h6-12,15,18,20-21,23H,13H2,1-5H3,(H2,27,28,29);6-12,14,17,19-20,22,29H,13H2,1-5H3,(H2,25,26,27)/t18-,20-,21-,23?,25?;17-,19-,20-,22?,24?/m11/s1. The third kappa shape index (κ3) is 8.67. The second kappa shape index (κ2) is 17.9. The van der Waals surface area contributed by atoms with Gasteiger partial charge in [0.2, 0.25) is 11.4 Å². The summed E-state index contributed by atoms with van der Waals surface area (Å²) in [5, 5.41) is 31.2. The summed E-state index contributed by atoms with van der Waals surface area (Å²) >= 11 is 0. The van der Waals surface area contributed by atoms with Gasteiger partial charge in [-0.05, 0) is 60.5 Å². The zero-order chi connectivity index (χ0) is 49.3. The first kappa shape index (κ1) is 48.9. The number of nitrogen functional groups attached to an aromatic ring is 2. The minimum Gasteiger partial charge on any atom is -0.414 e. The van der Waals surface area contributed by atoms with E-state index in [-0.39, 0.29) is 16.7 Å². The highest BCUT2D eigenvalue weighted by Gasteiger charge is 2.65. The minimum atomic E-state index is -2.07. The highest BCUT2D eigenvalue weighted by molar-refractivity contribution is 6.74. The number of rotatable bonds is 10. The molecule has 6 aromatic rings. The number of ether oxygens (including phenoxy) is 6. The molecule has 0 spiro atoms. The van der Waals surface area contributed by atoms with Crippen molar-refractivity contribution in [2.75, 3.05) is 24.7 Å². The van der Waals surface area contributed by atoms with E-state index in [1.54, 1.807) is 28.8 Å². The largest absolute Gasteiger partial charge is 0.414 e. The summed E-state index contributed by atoms with van der Waals surface area (Å²) in [7, 11) is -4.13. The van der Waals surface area contributed by atoms with Gasteiger partial charge in [-0.1, -0.05) is 102 Å². The van der Waals surface area contributed by atoms with Crippen molar-refractivity contribution in [1.82, 2.24) is 29.2 Å². The van der Waals surface area contributed by atoms with Crippen LogP contribution in [0.5, 0.6) is 0 Å². The lowest BCUT2D eigenvalue weighted by molar-refractivity contribution is -0.269. The zero-order valence-corrected chi connectivity index (χ0v) is 42.8. The zero-order valence-electron chi connectivity index (χ0n) is 40.8. The van der Waals surface area contributed by atoms with Crippen molar-refractivity contribution in [2.24, 2.45) is 0 Å². The fourth-order valence-electron chi connectivity index (χ4n) is 8.68. The number of nitrogens with two attached hydrogens (primary N) is 2. The van der Waals surface area contributed by atoms with Gasteiger partial charge >= 0.3 is 0 Å². The third-order valence-corrected chi connectivity index (χ3v) is 23.7. The number of aliphatic hydroxyl groups is 1. The maximum absolute atomic E-state index is 11.9. The Balaban J connectivity index is 0.000000172. The van der Waals surface area contributed by atoms with Gasteiger partial charge in [-0.2, -0.15) is 15.5 Å². The van der Waals surface area contributed by atoms with Gasteiger partial charge in [0.25, 0.3) is 0 Å². The molecule has 2 aromatic carbocycles. The molecule has 0 radical (unpaired) electrons. The summed E-state index contributed by atoms with van der Waals surface area (Å²) in [5.74, 6) is -1.19. The number of hydrogen-bond donors (Lipinski definition) is 3. The van der Waals surface area contributed by atoms with Crippen LogP contribution in [0, 0.1) is 11.3 Å². The predicted octanol–water partition coefficient (Wildman–Crippen LogP) is 7.29. The van der Waals surface area contributed by atoms with Gasteiger partial charge in [0.1, 0.15) is 72.1 Å². The topological polar surface area (TPSA) is 230 Å². The molecule has 4 aliphatic rings. The first-order valence-corrected chi connectivity index (χ1v) is 29.1. The Morgan fingerprint density at radius 1 is 0.638 bits per heavy atom. The average molecular weight is 978 g/mol. The van der Waals surface area contributed by atoms with E-state index in [1.807, 2.05) is 60.7 Å². The van der Waals surface area contributed by atoms with Gasteiger partial charge in [-0.3, -0.25) is 0 Å². The molecule has 366 valence electrons. The molecule has 0 saturated carbocycles. The molecule has 0 amide bonds. The average Bonchev–Trinajstić information content (AvgIpc) is 4.17. The highest BCUT2D eigenvalue weighted by Crippen LogP contribution is 2.52. The number of nitriles is 1. The molecule has 10 rings (SSSR count). The molecule has 0 aliphatic carbocycles. The Morgan fingerprint density at radius 3 is 1.55 bits per heavy atom. The van der Waals surface area contributed by atoms with Crippen LogP contribution in [-0.4, -0.2) is 101 Å². The van der Waals surface area contributed by atoms with E-state index in [0.29, 0.717) is 40.7 Å². The van der Waals surface area contributed by atoms with Crippen LogP contribution >= 0.6 is 0 Å². The van der Waals surface area contributed by atoms with Crippen molar-refractivity contribution in [2.45, 2.75) is 138 Å². The van der Waals surface area contributed by atoms with Gasteiger partial charge in [0, 0.05) is 11.1 Å². The second-order valence-electron chi connectivity index (χ2n) is 21.1. The maximum Gasteiger partial charge on any atom is 0.240 e. The molecule has 8 heterocycles. The molecule has 4 aromatic heterocycles. The molecule has 4 aliphatic heterocycles. The highest BCUT2D eigenvalue weighted by atomic mass is 28.4. The Kier molecular flexibility index (Phi) is 12.7. The van der Waals surface area contributed by atoms with Crippen molar-refractivity contribution >= 4 is 39.3 Å². The Hall–Kier alpha value is -5.16. The van der Waals surface area contributed by atoms with Crippen LogP contribution < -0.4 is 11.5 Å². The van der Waals surface area contributed by atoms with Crippen molar-refractivity contribution in [1.29, 1.82) is 5.26 Å². The fraction of sp³-hybridized carbons (Fsp3) is 0.490. The molecule has 0 bridgehead atoms. The lowest BCUT2D eigenvalue weighted by Gasteiger charge is -2.37. The van der Waals surface area contributed by atoms with Crippen LogP contribution in [0.25, 0.3) is 11.0 Å². The van der Waals surface area contributed by atoms with Crippen molar-refractivity contribution in [3.8, 4) is 6.07 Å². The van der Waals surface area contributed by atoms with Gasteiger partial charge in [-0.25, -0.2) is 19.0 Å². The Morgan fingerprint density at radius 2 is 1.07 bits per heavy atom. The molecule has 4 saturated heterocycles. The molecule has 5 N–H and O–H groups in total. The first-order valence-electron chi connectivity index (χ1n) is 23.2. The number of anilines is 2. The van der Waals surface area contributed by atoms with Crippen molar-refractivity contribution in [3.05, 3.63) is 120 Å². The number of benzene rings is 2. The molecule has 10 atom stereocenters. The molecule has 18 nitrogen and oxygen atoms in total. The third-order valence-electron chi connectivity index (χ3n) is 14.7. The summed E-state index contributed by atoms with van der Waals surface area (Å²) in [6.07, 6.45) is -2.12. The molecular formula is C49H63N9O9Si2. The predicted molar refractivity (Wildman–Crippen MR) is 260 cm³/mol. The fourth-order valence-corrected chi connectivity index (χ4v) is 10.7. The SMILES string of the molecule is CC(C)(C)[Si](C)(C)OC[C@H]1OC(C#N)(c2ccc3c(N)ncnn23)[C@@H]2OC(c3ccccc3)O[C@@H]21.CC(C)(C)[Si](C)(C)OC[C@H]1OC(O)(c2ccc3c(N)ncnn23)[C@@H]2OC(c3ccccc3)O[C@@H]21. The smallest absolute Gasteiger partial charge is 0.240 e. The number of fused-ring (bicyclic) bond motifs is 4. The van der Waals surface area contributed by atoms with Crippen LogP contribution in [0.2, 0.25) is 36.3 Å². The molecule has 4 fully saturated rings. The van der Waals surface area contributed by atoms with E-state index in [2.05, 4.69) is 94.0 Å². The summed E-state index contributed by atoms with van der Waals surface area (Å²) < 4.78 is 54.3. The summed E-state index contributed by atoms with van der Waals surface area (Å²) in [6.45, 7) is 22.5. The van der Waals surface area contributed by atoms with E-state index >= 15 is 0 Å². The van der Waals surface area contributed by atoms with E-state index in [9.17, 15) is 10.4 Å². The molecular weight excluding hydrogens is 915 g/mol. The summed E-state index contributed by atoms with van der Waals surface area (Å²) in [5.41, 5.74) is 14.4. The summed E-state index contributed by atoms with van der Waals surface area (Å²) in [4.78, 5) is 8.09. The summed E-state index contributed by atoms with van der Waals surface area (Å²) in [6, 6.07) is 28.8. The van der Waals surface area contributed by atoms with Crippen LogP contribution in [0.4, 0.5) is 11.6 Å². The van der Waals surface area contributed by atoms with Crippen molar-refractivity contribution < 1.29 is 42.4 Å². The second-order valence-corrected chi connectivity index (χ2v) is 30.7. The lowest BCUT2D eigenvalue weighted by Crippen LogP contribution is -2.44. The monoisotopic (exact) mass is 977 g/mol. The van der Waals surface area contributed by atoms with Gasteiger partial charge in [0.15, 0.2) is 40.9 Å². The van der Waals surface area contributed by atoms with Crippen LogP contribution in [-0.2, 0) is 48.7 Å². The molecule has 69 heavy (non-hydrogen) atoms. The van der Waals surface area contributed by atoms with Gasteiger partial charge < -0.3 is 53.8 Å². The van der Waals surface area contributed by atoms with Crippen LogP contribution in [0.3, 0.4) is 0 Å².